The lowest BCUT2D eigenvalue weighted by Gasteiger charge is -2.18. The summed E-state index contributed by atoms with van der Waals surface area (Å²) in [7, 11) is 1.70. The van der Waals surface area contributed by atoms with Crippen molar-refractivity contribution in [3.8, 4) is 11.5 Å². The molecule has 0 atom stereocenters. The minimum atomic E-state index is -0.255. The van der Waals surface area contributed by atoms with Crippen molar-refractivity contribution in [3.05, 3.63) is 40.2 Å². The molecule has 2 aromatic rings. The quantitative estimate of drug-likeness (QED) is 0.829. The lowest BCUT2D eigenvalue weighted by molar-refractivity contribution is 0.0945. The van der Waals surface area contributed by atoms with Gasteiger partial charge in [0.05, 0.1) is 17.8 Å². The largest absolute Gasteiger partial charge is 0.488 e. The molecule has 6 nitrogen and oxygen atoms in total. The summed E-state index contributed by atoms with van der Waals surface area (Å²) in [5, 5.41) is 7.27. The van der Waals surface area contributed by atoms with Crippen molar-refractivity contribution in [1.29, 1.82) is 0 Å². The second kappa shape index (κ2) is 6.59. The number of nitrogens with zero attached hydrogens (tertiary/aromatic N) is 2. The van der Waals surface area contributed by atoms with Gasteiger partial charge in [0.15, 0.2) is 11.5 Å². The maximum absolute atomic E-state index is 12.3. The highest BCUT2D eigenvalue weighted by Gasteiger charge is 2.32. The maximum atomic E-state index is 12.3. The van der Waals surface area contributed by atoms with Crippen LogP contribution in [0.4, 0.5) is 0 Å². The summed E-state index contributed by atoms with van der Waals surface area (Å²) in [6.07, 6.45) is 0.856. The second-order valence-electron chi connectivity index (χ2n) is 6.76. The summed E-state index contributed by atoms with van der Waals surface area (Å²) in [5.74, 6) is 1.24. The first-order valence-corrected chi connectivity index (χ1v) is 8.57. The number of aromatic nitrogens is 2. The molecule has 1 N–H and O–H groups in total. The zero-order valence-corrected chi connectivity index (χ0v) is 15.6. The number of carbonyl (C=O) groups is 1. The third-order valence-corrected chi connectivity index (χ3v) is 4.51. The van der Waals surface area contributed by atoms with E-state index in [1.165, 1.54) is 4.68 Å². The van der Waals surface area contributed by atoms with Crippen LogP contribution in [0.25, 0.3) is 0 Å². The van der Waals surface area contributed by atoms with Gasteiger partial charge in [0.1, 0.15) is 17.4 Å². The molecule has 1 aliphatic rings. The van der Waals surface area contributed by atoms with Crippen molar-refractivity contribution < 1.29 is 14.3 Å². The molecular weight excluding hydrogens is 342 g/mol. The summed E-state index contributed by atoms with van der Waals surface area (Å²) < 4.78 is 13.2. The van der Waals surface area contributed by atoms with Crippen LogP contribution < -0.4 is 14.8 Å². The van der Waals surface area contributed by atoms with Crippen molar-refractivity contribution >= 4 is 17.5 Å². The van der Waals surface area contributed by atoms with Crippen LogP contribution in [0.3, 0.4) is 0 Å². The molecule has 1 aromatic carbocycles. The smallest absolute Gasteiger partial charge is 0.256 e. The van der Waals surface area contributed by atoms with Gasteiger partial charge in [-0.05, 0) is 26.8 Å². The number of aryl methyl sites for hydroxylation is 2. The van der Waals surface area contributed by atoms with Crippen LogP contribution in [0.15, 0.2) is 18.2 Å². The minimum Gasteiger partial charge on any atom is -0.488 e. The summed E-state index contributed by atoms with van der Waals surface area (Å²) in [4.78, 5) is 12.3. The number of fused-ring (bicyclic) bond motifs is 1. The molecule has 0 saturated carbocycles. The van der Waals surface area contributed by atoms with E-state index in [0.29, 0.717) is 35.3 Å². The zero-order valence-electron chi connectivity index (χ0n) is 14.9. The molecule has 1 aliphatic heterocycles. The molecule has 1 amide bonds. The van der Waals surface area contributed by atoms with E-state index in [2.05, 4.69) is 24.3 Å². The van der Waals surface area contributed by atoms with Crippen molar-refractivity contribution in [2.45, 2.75) is 32.8 Å². The van der Waals surface area contributed by atoms with Gasteiger partial charge in [0.2, 0.25) is 0 Å². The summed E-state index contributed by atoms with van der Waals surface area (Å²) in [6, 6.07) is 5.88. The molecule has 134 valence electrons. The van der Waals surface area contributed by atoms with E-state index in [0.717, 1.165) is 17.7 Å². The topological polar surface area (TPSA) is 65.4 Å². The van der Waals surface area contributed by atoms with Gasteiger partial charge in [-0.1, -0.05) is 23.7 Å². The first-order chi connectivity index (χ1) is 11.8. The zero-order chi connectivity index (χ0) is 18.2. The van der Waals surface area contributed by atoms with Crippen LogP contribution in [-0.2, 0) is 13.5 Å². The van der Waals surface area contributed by atoms with Crippen LogP contribution in [0.2, 0.25) is 5.15 Å². The monoisotopic (exact) mass is 363 g/mol. The Bertz CT molecular complexity index is 814. The molecule has 25 heavy (non-hydrogen) atoms. The molecule has 0 unspecified atom stereocenters. The molecule has 0 aliphatic carbocycles. The standard InChI is InChI=1S/C18H22ClN3O3/c1-11-14(16(19)22(4)21-11)17(23)20-8-9-24-13-7-5-6-12-10-18(2,3)25-15(12)13/h5-7H,8-10H2,1-4H3,(H,20,23). The van der Waals surface area contributed by atoms with Gasteiger partial charge in [-0.25, -0.2) is 0 Å². The van der Waals surface area contributed by atoms with Crippen LogP contribution in [0, 0.1) is 6.92 Å². The highest BCUT2D eigenvalue weighted by molar-refractivity contribution is 6.33. The van der Waals surface area contributed by atoms with Gasteiger partial charge >= 0.3 is 0 Å². The highest BCUT2D eigenvalue weighted by Crippen LogP contribution is 2.41. The summed E-state index contributed by atoms with van der Waals surface area (Å²) in [6.45, 7) is 6.55. The van der Waals surface area contributed by atoms with Gasteiger partial charge in [0.25, 0.3) is 5.91 Å². The molecule has 7 heteroatoms. The Morgan fingerprint density at radius 1 is 1.48 bits per heavy atom. The third kappa shape index (κ3) is 3.58. The number of para-hydroxylation sites is 1. The van der Waals surface area contributed by atoms with E-state index in [9.17, 15) is 4.79 Å². The van der Waals surface area contributed by atoms with Crippen LogP contribution >= 0.6 is 11.6 Å². The van der Waals surface area contributed by atoms with E-state index in [-0.39, 0.29) is 11.5 Å². The van der Waals surface area contributed by atoms with E-state index in [4.69, 9.17) is 21.1 Å². The molecule has 2 heterocycles. The van der Waals surface area contributed by atoms with Gasteiger partial charge in [-0.2, -0.15) is 5.10 Å². The Labute approximate surface area is 152 Å². The number of amides is 1. The second-order valence-corrected chi connectivity index (χ2v) is 7.12. The number of halogens is 1. The van der Waals surface area contributed by atoms with Gasteiger partial charge < -0.3 is 14.8 Å². The fraction of sp³-hybridized carbons (Fsp3) is 0.444. The predicted molar refractivity (Wildman–Crippen MR) is 95.6 cm³/mol. The molecule has 0 radical (unpaired) electrons. The predicted octanol–water partition coefficient (Wildman–Crippen LogP) is 2.90. The molecule has 0 fully saturated rings. The number of hydrogen-bond donors (Lipinski definition) is 1. The number of ether oxygens (including phenoxy) is 2. The van der Waals surface area contributed by atoms with E-state index < -0.39 is 0 Å². The fourth-order valence-electron chi connectivity index (χ4n) is 3.00. The van der Waals surface area contributed by atoms with E-state index >= 15 is 0 Å². The SMILES string of the molecule is Cc1nn(C)c(Cl)c1C(=O)NCCOc1cccc2c1OC(C)(C)C2. The summed E-state index contributed by atoms with van der Waals surface area (Å²) in [5.41, 5.74) is 1.92. The Hall–Kier alpha value is -2.21. The molecule has 1 aromatic heterocycles. The third-order valence-electron chi connectivity index (χ3n) is 4.08. The number of benzene rings is 1. The lowest BCUT2D eigenvalue weighted by atomic mass is 10.0. The minimum absolute atomic E-state index is 0.218. The first-order valence-electron chi connectivity index (χ1n) is 8.19. The Kier molecular flexibility index (Phi) is 4.64. The number of hydrogen-bond acceptors (Lipinski definition) is 4. The molecule has 0 saturated heterocycles. The summed E-state index contributed by atoms with van der Waals surface area (Å²) >= 11 is 6.10. The Balaban J connectivity index is 1.57. The van der Waals surface area contributed by atoms with Gasteiger partial charge in [0, 0.05) is 19.0 Å². The Morgan fingerprint density at radius 3 is 2.92 bits per heavy atom. The van der Waals surface area contributed by atoms with Crippen molar-refractivity contribution in [1.82, 2.24) is 15.1 Å². The van der Waals surface area contributed by atoms with Crippen molar-refractivity contribution in [2.24, 2.45) is 7.05 Å². The lowest BCUT2D eigenvalue weighted by Crippen LogP contribution is -2.28. The molecule has 0 bridgehead atoms. The molecule has 0 spiro atoms. The average Bonchev–Trinajstić information content (AvgIpc) is 2.98. The maximum Gasteiger partial charge on any atom is 0.256 e. The van der Waals surface area contributed by atoms with Gasteiger partial charge in [-0.15, -0.1) is 0 Å². The van der Waals surface area contributed by atoms with Crippen LogP contribution in [0.5, 0.6) is 11.5 Å². The normalized spacial score (nSPS) is 14.8. The van der Waals surface area contributed by atoms with Crippen molar-refractivity contribution in [3.63, 3.8) is 0 Å². The van der Waals surface area contributed by atoms with Crippen LogP contribution in [-0.4, -0.2) is 34.4 Å². The van der Waals surface area contributed by atoms with Crippen molar-refractivity contribution in [2.75, 3.05) is 13.2 Å². The Morgan fingerprint density at radius 2 is 2.24 bits per heavy atom. The highest BCUT2D eigenvalue weighted by atomic mass is 35.5. The number of nitrogens with one attached hydrogen (secondary N) is 1. The average molecular weight is 364 g/mol. The number of carbonyl (C=O) groups excluding carboxylic acids is 1. The van der Waals surface area contributed by atoms with E-state index in [1.807, 2.05) is 18.2 Å². The van der Waals surface area contributed by atoms with Crippen LogP contribution in [0.1, 0.15) is 35.5 Å². The first kappa shape index (κ1) is 17.6. The van der Waals surface area contributed by atoms with E-state index in [1.54, 1.807) is 14.0 Å². The fourth-order valence-corrected chi connectivity index (χ4v) is 3.26. The molecular formula is C18H22ClN3O3. The number of rotatable bonds is 5. The molecule has 3 rings (SSSR count). The van der Waals surface area contributed by atoms with Gasteiger partial charge in [-0.3, -0.25) is 9.48 Å².